The zero-order valence-electron chi connectivity index (χ0n) is 11.9. The summed E-state index contributed by atoms with van der Waals surface area (Å²) in [5.74, 6) is 0.338. The molecule has 0 bridgehead atoms. The summed E-state index contributed by atoms with van der Waals surface area (Å²) in [6.07, 6.45) is 0.316. The predicted molar refractivity (Wildman–Crippen MR) is 81.9 cm³/mol. The van der Waals surface area contributed by atoms with Crippen molar-refractivity contribution < 1.29 is 13.9 Å². The number of thiophene rings is 1. The van der Waals surface area contributed by atoms with E-state index in [2.05, 4.69) is 0 Å². The molecule has 0 N–H and O–H groups in total. The number of carbonyl (C=O) groups is 1. The molecular formula is C16H18FNO2S. The van der Waals surface area contributed by atoms with E-state index in [9.17, 15) is 9.18 Å². The van der Waals surface area contributed by atoms with E-state index < -0.39 is 0 Å². The van der Waals surface area contributed by atoms with E-state index >= 15 is 0 Å². The maximum atomic E-state index is 12.8. The molecule has 1 aromatic heterocycles. The Morgan fingerprint density at radius 1 is 1.29 bits per heavy atom. The molecule has 0 aliphatic heterocycles. The van der Waals surface area contributed by atoms with Crippen molar-refractivity contribution in [2.24, 2.45) is 0 Å². The van der Waals surface area contributed by atoms with Gasteiger partial charge in [-0.2, -0.15) is 0 Å². The second-order valence-corrected chi connectivity index (χ2v) is 5.57. The Morgan fingerprint density at radius 3 is 2.67 bits per heavy atom. The normalized spacial score (nSPS) is 10.4. The van der Waals surface area contributed by atoms with E-state index in [1.807, 2.05) is 24.4 Å². The number of rotatable bonds is 7. The average Bonchev–Trinajstić information content (AvgIpc) is 2.99. The van der Waals surface area contributed by atoms with Crippen molar-refractivity contribution in [2.45, 2.75) is 19.9 Å². The molecule has 112 valence electrons. The number of hydrogen-bond acceptors (Lipinski definition) is 3. The summed E-state index contributed by atoms with van der Waals surface area (Å²) in [6, 6.07) is 9.80. The summed E-state index contributed by atoms with van der Waals surface area (Å²) in [5, 5.41) is 2.01. The number of nitrogens with zero attached hydrogens (tertiary/aromatic N) is 1. The highest BCUT2D eigenvalue weighted by Crippen LogP contribution is 2.14. The fourth-order valence-corrected chi connectivity index (χ4v) is 2.63. The second-order valence-electron chi connectivity index (χ2n) is 4.54. The first-order valence-corrected chi connectivity index (χ1v) is 7.75. The van der Waals surface area contributed by atoms with E-state index in [4.69, 9.17) is 4.74 Å². The van der Waals surface area contributed by atoms with Gasteiger partial charge in [-0.3, -0.25) is 4.79 Å². The maximum absolute atomic E-state index is 12.8. The lowest BCUT2D eigenvalue weighted by Gasteiger charge is -2.20. The summed E-state index contributed by atoms with van der Waals surface area (Å²) in [6.45, 7) is 3.58. The quantitative estimate of drug-likeness (QED) is 0.780. The summed E-state index contributed by atoms with van der Waals surface area (Å²) in [4.78, 5) is 15.1. The maximum Gasteiger partial charge on any atom is 0.226 e. The molecule has 1 amide bonds. The second kappa shape index (κ2) is 7.78. The van der Waals surface area contributed by atoms with Crippen LogP contribution in [0.15, 0.2) is 41.8 Å². The fourth-order valence-electron chi connectivity index (χ4n) is 1.91. The Bertz CT molecular complexity index is 554. The molecule has 2 aromatic rings. The lowest BCUT2D eigenvalue weighted by Crippen LogP contribution is -2.31. The minimum Gasteiger partial charge on any atom is -0.493 e. The van der Waals surface area contributed by atoms with Crippen LogP contribution in [0.4, 0.5) is 4.39 Å². The first kappa shape index (κ1) is 15.5. The summed E-state index contributed by atoms with van der Waals surface area (Å²) < 4.78 is 18.2. The smallest absolute Gasteiger partial charge is 0.226 e. The Labute approximate surface area is 128 Å². The molecule has 1 aromatic carbocycles. The molecule has 0 unspecified atom stereocenters. The minimum absolute atomic E-state index is 0.0630. The van der Waals surface area contributed by atoms with E-state index in [0.717, 1.165) is 0 Å². The molecule has 2 rings (SSSR count). The lowest BCUT2D eigenvalue weighted by molar-refractivity contribution is -0.132. The Hall–Kier alpha value is -1.88. The van der Waals surface area contributed by atoms with Crippen LogP contribution in [0.25, 0.3) is 0 Å². The van der Waals surface area contributed by atoms with Crippen LogP contribution in [0.1, 0.15) is 18.2 Å². The molecular weight excluding hydrogens is 289 g/mol. The number of ether oxygens (including phenoxy) is 1. The topological polar surface area (TPSA) is 29.5 Å². The highest BCUT2D eigenvalue weighted by Gasteiger charge is 2.12. The van der Waals surface area contributed by atoms with Gasteiger partial charge in [-0.05, 0) is 42.6 Å². The average molecular weight is 307 g/mol. The van der Waals surface area contributed by atoms with Gasteiger partial charge < -0.3 is 9.64 Å². The van der Waals surface area contributed by atoms with Crippen LogP contribution in [0.2, 0.25) is 0 Å². The van der Waals surface area contributed by atoms with Crippen molar-refractivity contribution in [3.63, 3.8) is 0 Å². The lowest BCUT2D eigenvalue weighted by atomic mass is 10.3. The molecule has 1 heterocycles. The van der Waals surface area contributed by atoms with Crippen molar-refractivity contribution in [3.05, 3.63) is 52.5 Å². The summed E-state index contributed by atoms with van der Waals surface area (Å²) in [7, 11) is 0. The third-order valence-electron chi connectivity index (χ3n) is 3.06. The van der Waals surface area contributed by atoms with Crippen LogP contribution in [0.3, 0.4) is 0 Å². The zero-order chi connectivity index (χ0) is 15.1. The first-order chi connectivity index (χ1) is 10.2. The van der Waals surface area contributed by atoms with E-state index in [1.165, 1.54) is 17.0 Å². The first-order valence-electron chi connectivity index (χ1n) is 6.87. The summed E-state index contributed by atoms with van der Waals surface area (Å²) in [5.41, 5.74) is 0. The largest absolute Gasteiger partial charge is 0.493 e. The van der Waals surface area contributed by atoms with Crippen LogP contribution < -0.4 is 4.74 Å². The van der Waals surface area contributed by atoms with Gasteiger partial charge in [0.15, 0.2) is 0 Å². The number of amides is 1. The van der Waals surface area contributed by atoms with Gasteiger partial charge in [0.1, 0.15) is 11.6 Å². The summed E-state index contributed by atoms with van der Waals surface area (Å²) >= 11 is 1.65. The molecule has 0 radical (unpaired) electrons. The molecule has 0 saturated heterocycles. The molecule has 0 spiro atoms. The number of carbonyl (C=O) groups excluding carboxylic acids is 1. The monoisotopic (exact) mass is 307 g/mol. The minimum atomic E-state index is -0.300. The Morgan fingerprint density at radius 2 is 2.05 bits per heavy atom. The number of benzene rings is 1. The highest BCUT2D eigenvalue weighted by molar-refractivity contribution is 7.09. The molecule has 0 aliphatic rings. The van der Waals surface area contributed by atoms with Gasteiger partial charge in [-0.25, -0.2) is 4.39 Å². The van der Waals surface area contributed by atoms with Gasteiger partial charge in [0.25, 0.3) is 0 Å². The van der Waals surface area contributed by atoms with E-state index in [-0.39, 0.29) is 11.7 Å². The highest BCUT2D eigenvalue weighted by atomic mass is 32.1. The number of hydrogen-bond donors (Lipinski definition) is 0. The Kier molecular flexibility index (Phi) is 5.75. The van der Waals surface area contributed by atoms with Gasteiger partial charge in [-0.15, -0.1) is 11.3 Å². The molecule has 0 atom stereocenters. The molecule has 5 heteroatoms. The van der Waals surface area contributed by atoms with Gasteiger partial charge in [-0.1, -0.05) is 6.07 Å². The van der Waals surface area contributed by atoms with Gasteiger partial charge >= 0.3 is 0 Å². The fraction of sp³-hybridized carbons (Fsp3) is 0.312. The number of halogens is 1. The van der Waals surface area contributed by atoms with Crippen molar-refractivity contribution in [3.8, 4) is 5.75 Å². The van der Waals surface area contributed by atoms with Crippen LogP contribution in [0.5, 0.6) is 5.75 Å². The molecule has 3 nitrogen and oxygen atoms in total. The van der Waals surface area contributed by atoms with E-state index in [1.54, 1.807) is 28.4 Å². The molecule has 0 fully saturated rings. The van der Waals surface area contributed by atoms with Crippen molar-refractivity contribution in [1.29, 1.82) is 0 Å². The van der Waals surface area contributed by atoms with Crippen LogP contribution >= 0.6 is 11.3 Å². The predicted octanol–water partition coefficient (Wildman–Crippen LogP) is 3.70. The molecule has 0 saturated carbocycles. The van der Waals surface area contributed by atoms with Gasteiger partial charge in [0.05, 0.1) is 19.6 Å². The van der Waals surface area contributed by atoms with Crippen molar-refractivity contribution in [2.75, 3.05) is 13.2 Å². The Balaban J connectivity index is 1.78. The van der Waals surface area contributed by atoms with Gasteiger partial charge in [0.2, 0.25) is 5.91 Å². The molecule has 0 aliphatic carbocycles. The van der Waals surface area contributed by atoms with Crippen LogP contribution in [-0.2, 0) is 11.3 Å². The van der Waals surface area contributed by atoms with Crippen molar-refractivity contribution in [1.82, 2.24) is 4.90 Å². The SMILES string of the molecule is CCN(Cc1cccs1)C(=O)CCOc1ccc(F)cc1. The van der Waals surface area contributed by atoms with Crippen LogP contribution in [-0.4, -0.2) is 24.0 Å². The third kappa shape index (κ3) is 4.86. The van der Waals surface area contributed by atoms with Crippen molar-refractivity contribution >= 4 is 17.2 Å². The molecule has 21 heavy (non-hydrogen) atoms. The third-order valence-corrected chi connectivity index (χ3v) is 3.92. The van der Waals surface area contributed by atoms with Crippen LogP contribution in [0, 0.1) is 5.82 Å². The van der Waals surface area contributed by atoms with Gasteiger partial charge in [0, 0.05) is 11.4 Å². The zero-order valence-corrected chi connectivity index (χ0v) is 12.7. The standard InChI is InChI=1S/C16H18FNO2S/c1-2-18(12-15-4-3-11-21-15)16(19)9-10-20-14-7-5-13(17)6-8-14/h3-8,11H,2,9-10,12H2,1H3. The van der Waals surface area contributed by atoms with E-state index in [0.29, 0.717) is 31.9 Å².